The lowest BCUT2D eigenvalue weighted by Crippen LogP contribution is -2.47. The number of nitrogens with one attached hydrogen (secondary N) is 1. The molecule has 1 heterocycles. The quantitative estimate of drug-likeness (QED) is 0.746. The number of ether oxygens (including phenoxy) is 2. The summed E-state index contributed by atoms with van der Waals surface area (Å²) in [6.07, 6.45) is 0.498. The molecule has 2 aromatic carbocycles. The van der Waals surface area contributed by atoms with E-state index in [9.17, 15) is 4.79 Å². The number of hydrogen-bond acceptors (Lipinski definition) is 4. The zero-order chi connectivity index (χ0) is 19.6. The van der Waals surface area contributed by atoms with E-state index in [1.165, 1.54) is 0 Å². The first-order valence-electron chi connectivity index (χ1n) is 9.20. The summed E-state index contributed by atoms with van der Waals surface area (Å²) in [5, 5.41) is 3.95. The van der Waals surface area contributed by atoms with Gasteiger partial charge in [-0.1, -0.05) is 30.7 Å². The SMILES string of the molecule is CCOc1c(Cl)cc([C@@H]2Nc3ccccc3C(=O)N2[C@@H](C)CC)cc1OC. The zero-order valence-electron chi connectivity index (χ0n) is 16.1. The highest BCUT2D eigenvalue weighted by Gasteiger charge is 2.36. The maximum Gasteiger partial charge on any atom is 0.258 e. The van der Waals surface area contributed by atoms with Crippen LogP contribution in [0.2, 0.25) is 5.02 Å². The number of methoxy groups -OCH3 is 1. The van der Waals surface area contributed by atoms with E-state index in [4.69, 9.17) is 21.1 Å². The smallest absolute Gasteiger partial charge is 0.258 e. The van der Waals surface area contributed by atoms with Crippen LogP contribution in [-0.4, -0.2) is 30.6 Å². The minimum atomic E-state index is -0.343. The average Bonchev–Trinajstić information content (AvgIpc) is 2.68. The zero-order valence-corrected chi connectivity index (χ0v) is 16.8. The van der Waals surface area contributed by atoms with Gasteiger partial charge in [0, 0.05) is 17.3 Å². The van der Waals surface area contributed by atoms with Crippen molar-refractivity contribution in [3.63, 3.8) is 0 Å². The van der Waals surface area contributed by atoms with E-state index in [2.05, 4.69) is 12.2 Å². The summed E-state index contributed by atoms with van der Waals surface area (Å²) in [6.45, 7) is 6.50. The van der Waals surface area contributed by atoms with Gasteiger partial charge in [0.1, 0.15) is 6.17 Å². The molecule has 0 spiro atoms. The van der Waals surface area contributed by atoms with Crippen molar-refractivity contribution in [3.05, 3.63) is 52.5 Å². The Balaban J connectivity index is 2.10. The van der Waals surface area contributed by atoms with Crippen molar-refractivity contribution in [1.82, 2.24) is 4.90 Å². The first kappa shape index (κ1) is 19.4. The highest BCUT2D eigenvalue weighted by atomic mass is 35.5. The standard InChI is InChI=1S/C21H25ClN2O3/c1-5-13(3)24-20(23-17-10-8-7-9-15(17)21(24)25)14-11-16(22)19(27-6-2)18(12-14)26-4/h7-13,20,23H,5-6H2,1-4H3/t13-,20+/m0/s1. The van der Waals surface area contributed by atoms with E-state index in [1.54, 1.807) is 7.11 Å². The van der Waals surface area contributed by atoms with Gasteiger partial charge in [-0.15, -0.1) is 0 Å². The van der Waals surface area contributed by atoms with E-state index in [-0.39, 0.29) is 18.1 Å². The molecule has 0 radical (unpaired) electrons. The van der Waals surface area contributed by atoms with Crippen molar-refractivity contribution in [1.29, 1.82) is 0 Å². The molecule has 0 saturated heterocycles. The number of benzene rings is 2. The highest BCUT2D eigenvalue weighted by molar-refractivity contribution is 6.32. The number of carbonyl (C=O) groups excluding carboxylic acids is 1. The fraction of sp³-hybridized carbons (Fsp3) is 0.381. The number of hydrogen-bond donors (Lipinski definition) is 1. The van der Waals surface area contributed by atoms with Crippen LogP contribution >= 0.6 is 11.6 Å². The van der Waals surface area contributed by atoms with E-state index in [0.29, 0.717) is 28.7 Å². The number of para-hydroxylation sites is 1. The van der Waals surface area contributed by atoms with Gasteiger partial charge in [0.05, 0.1) is 24.3 Å². The van der Waals surface area contributed by atoms with Crippen LogP contribution in [0.3, 0.4) is 0 Å². The third-order valence-electron chi connectivity index (χ3n) is 4.88. The first-order chi connectivity index (χ1) is 13.0. The van der Waals surface area contributed by atoms with Gasteiger partial charge in [0.25, 0.3) is 5.91 Å². The monoisotopic (exact) mass is 388 g/mol. The summed E-state index contributed by atoms with van der Waals surface area (Å²) in [5.41, 5.74) is 2.34. The molecule has 1 amide bonds. The summed E-state index contributed by atoms with van der Waals surface area (Å²) in [4.78, 5) is 15.1. The van der Waals surface area contributed by atoms with Crippen LogP contribution in [0.25, 0.3) is 0 Å². The number of fused-ring (bicyclic) bond motifs is 1. The Bertz CT molecular complexity index is 840. The molecule has 2 aromatic rings. The van der Waals surface area contributed by atoms with Crippen molar-refractivity contribution in [2.45, 2.75) is 39.4 Å². The first-order valence-corrected chi connectivity index (χ1v) is 9.58. The molecule has 0 saturated carbocycles. The van der Waals surface area contributed by atoms with Crippen LogP contribution in [0.15, 0.2) is 36.4 Å². The van der Waals surface area contributed by atoms with Crippen molar-refractivity contribution in [2.24, 2.45) is 0 Å². The summed E-state index contributed by atoms with van der Waals surface area (Å²) >= 11 is 6.47. The molecule has 0 aromatic heterocycles. The minimum absolute atomic E-state index is 0.00711. The minimum Gasteiger partial charge on any atom is -0.493 e. The van der Waals surface area contributed by atoms with Gasteiger partial charge in [0.2, 0.25) is 0 Å². The molecule has 3 rings (SSSR count). The number of rotatable bonds is 6. The fourth-order valence-corrected chi connectivity index (χ4v) is 3.62. The molecule has 1 N–H and O–H groups in total. The number of carbonyl (C=O) groups is 1. The van der Waals surface area contributed by atoms with Crippen molar-refractivity contribution in [2.75, 3.05) is 19.0 Å². The molecule has 144 valence electrons. The molecule has 1 aliphatic heterocycles. The van der Waals surface area contributed by atoms with Gasteiger partial charge >= 0.3 is 0 Å². The van der Waals surface area contributed by atoms with Crippen molar-refractivity contribution in [3.8, 4) is 11.5 Å². The third-order valence-corrected chi connectivity index (χ3v) is 5.16. The third kappa shape index (κ3) is 3.56. The van der Waals surface area contributed by atoms with Crippen molar-refractivity contribution >= 4 is 23.2 Å². The van der Waals surface area contributed by atoms with E-state index < -0.39 is 0 Å². The average molecular weight is 389 g/mol. The molecule has 27 heavy (non-hydrogen) atoms. The predicted octanol–water partition coefficient (Wildman–Crippen LogP) is 5.11. The Morgan fingerprint density at radius 2 is 2.00 bits per heavy atom. The van der Waals surface area contributed by atoms with Crippen LogP contribution < -0.4 is 14.8 Å². The Labute approximate surface area is 165 Å². The summed E-state index contributed by atoms with van der Waals surface area (Å²) < 4.78 is 11.1. The summed E-state index contributed by atoms with van der Waals surface area (Å²) in [6, 6.07) is 11.3. The van der Waals surface area contributed by atoms with Crippen LogP contribution in [0.5, 0.6) is 11.5 Å². The molecule has 0 fully saturated rings. The van der Waals surface area contributed by atoms with Gasteiger partial charge in [-0.05, 0) is 44.5 Å². The second-order valence-corrected chi connectivity index (χ2v) is 6.94. The van der Waals surface area contributed by atoms with E-state index >= 15 is 0 Å². The maximum atomic E-state index is 13.2. The summed E-state index contributed by atoms with van der Waals surface area (Å²) in [5.74, 6) is 1.08. The van der Waals surface area contributed by atoms with Gasteiger partial charge in [0.15, 0.2) is 11.5 Å². The molecular formula is C21H25ClN2O3. The Morgan fingerprint density at radius 1 is 1.26 bits per heavy atom. The molecule has 6 heteroatoms. The van der Waals surface area contributed by atoms with Crippen LogP contribution in [-0.2, 0) is 0 Å². The predicted molar refractivity (Wildman–Crippen MR) is 108 cm³/mol. The Morgan fingerprint density at radius 3 is 2.67 bits per heavy atom. The topological polar surface area (TPSA) is 50.8 Å². The van der Waals surface area contributed by atoms with Gasteiger partial charge in [-0.2, -0.15) is 0 Å². The molecule has 5 nitrogen and oxygen atoms in total. The largest absolute Gasteiger partial charge is 0.493 e. The lowest BCUT2D eigenvalue weighted by atomic mass is 10.0. The second kappa shape index (κ2) is 8.09. The van der Waals surface area contributed by atoms with Gasteiger partial charge in [-0.25, -0.2) is 0 Å². The molecular weight excluding hydrogens is 364 g/mol. The highest BCUT2D eigenvalue weighted by Crippen LogP contribution is 2.41. The molecule has 1 aliphatic rings. The van der Waals surface area contributed by atoms with Crippen LogP contribution in [0.1, 0.15) is 49.3 Å². The van der Waals surface area contributed by atoms with E-state index in [0.717, 1.165) is 17.7 Å². The fourth-order valence-electron chi connectivity index (χ4n) is 3.35. The molecule has 0 unspecified atom stereocenters. The lowest BCUT2D eigenvalue weighted by molar-refractivity contribution is 0.0593. The maximum absolute atomic E-state index is 13.2. The Hall–Kier alpha value is -2.40. The van der Waals surface area contributed by atoms with Crippen LogP contribution in [0.4, 0.5) is 5.69 Å². The normalized spacial score (nSPS) is 17.1. The number of nitrogens with zero attached hydrogens (tertiary/aromatic N) is 1. The molecule has 0 bridgehead atoms. The lowest BCUT2D eigenvalue weighted by Gasteiger charge is -2.41. The number of anilines is 1. The number of amides is 1. The molecule has 0 aliphatic carbocycles. The molecule has 2 atom stereocenters. The van der Waals surface area contributed by atoms with E-state index in [1.807, 2.05) is 55.1 Å². The van der Waals surface area contributed by atoms with Crippen molar-refractivity contribution < 1.29 is 14.3 Å². The van der Waals surface area contributed by atoms with Crippen LogP contribution in [0, 0.1) is 0 Å². The summed E-state index contributed by atoms with van der Waals surface area (Å²) in [7, 11) is 1.58. The Kier molecular flexibility index (Phi) is 5.80. The second-order valence-electron chi connectivity index (χ2n) is 6.53. The number of halogens is 1. The van der Waals surface area contributed by atoms with Gasteiger partial charge < -0.3 is 19.7 Å². The van der Waals surface area contributed by atoms with Gasteiger partial charge in [-0.3, -0.25) is 4.79 Å².